The molecule has 56 valence electrons. The van der Waals surface area contributed by atoms with E-state index in [1.54, 1.807) is 18.0 Å². The Morgan fingerprint density at radius 3 is 3.18 bits per heavy atom. The lowest BCUT2D eigenvalue weighted by Gasteiger charge is -1.92. The minimum Gasteiger partial charge on any atom is -0.261 e. The summed E-state index contributed by atoms with van der Waals surface area (Å²) in [4.78, 5) is 5.34. The Balaban J connectivity index is 2.67. The summed E-state index contributed by atoms with van der Waals surface area (Å²) in [6.45, 7) is 0. The molecule has 0 aliphatic carbocycles. The van der Waals surface area contributed by atoms with E-state index in [1.807, 2.05) is 12.5 Å². The van der Waals surface area contributed by atoms with E-state index in [0.29, 0.717) is 0 Å². The number of hydrogen-bond acceptors (Lipinski definition) is 3. The number of thioether (sulfide) groups is 1. The largest absolute Gasteiger partial charge is 0.261 e. The van der Waals surface area contributed by atoms with Gasteiger partial charge in [-0.05, 0) is 12.3 Å². The topological polar surface area (TPSA) is 41.6 Å². The molecule has 2 aromatic heterocycles. The Labute approximate surface area is 68.2 Å². The van der Waals surface area contributed by atoms with Crippen LogP contribution in [0.5, 0.6) is 0 Å². The average molecular weight is 165 g/mol. The number of aromatic amines is 1. The van der Waals surface area contributed by atoms with Crippen molar-refractivity contribution in [3.63, 3.8) is 0 Å². The average Bonchev–Trinajstić information content (AvgIpc) is 2.50. The molecule has 0 spiro atoms. The Kier molecular flexibility index (Phi) is 1.54. The van der Waals surface area contributed by atoms with Crippen LogP contribution < -0.4 is 0 Å². The molecule has 0 saturated heterocycles. The van der Waals surface area contributed by atoms with Crippen LogP contribution in [0.2, 0.25) is 0 Å². The predicted octanol–water partition coefficient (Wildman–Crippen LogP) is 1.68. The maximum Gasteiger partial charge on any atom is 0.155 e. The first kappa shape index (κ1) is 6.67. The van der Waals surface area contributed by atoms with Crippen molar-refractivity contribution in [3.05, 3.63) is 18.5 Å². The summed E-state index contributed by atoms with van der Waals surface area (Å²) < 4.78 is 0. The maximum atomic E-state index is 4.17. The molecule has 0 radical (unpaired) electrons. The van der Waals surface area contributed by atoms with Crippen molar-refractivity contribution in [3.8, 4) is 0 Å². The van der Waals surface area contributed by atoms with Gasteiger partial charge < -0.3 is 0 Å². The molecule has 0 amide bonds. The van der Waals surface area contributed by atoms with E-state index >= 15 is 0 Å². The standard InChI is InChI=1S/C7H7N3S/c1-11-6-2-5-3-9-10-7(5)8-4-6/h2-4H,1H3,(H,8,9,10). The lowest BCUT2D eigenvalue weighted by molar-refractivity contribution is 1.09. The normalized spacial score (nSPS) is 10.6. The van der Waals surface area contributed by atoms with Crippen LogP contribution in [0.15, 0.2) is 23.4 Å². The number of pyridine rings is 1. The molecular weight excluding hydrogens is 158 g/mol. The van der Waals surface area contributed by atoms with E-state index < -0.39 is 0 Å². The molecule has 2 rings (SSSR count). The first-order valence-electron chi connectivity index (χ1n) is 3.23. The van der Waals surface area contributed by atoms with Gasteiger partial charge in [-0.1, -0.05) is 0 Å². The fourth-order valence-electron chi connectivity index (χ4n) is 0.928. The summed E-state index contributed by atoms with van der Waals surface area (Å²) in [5.74, 6) is 0. The molecule has 0 aliphatic rings. The Hall–Kier alpha value is -1.03. The van der Waals surface area contributed by atoms with E-state index in [1.165, 1.54) is 4.90 Å². The highest BCUT2D eigenvalue weighted by Crippen LogP contribution is 2.17. The van der Waals surface area contributed by atoms with Gasteiger partial charge in [-0.25, -0.2) is 4.98 Å². The van der Waals surface area contributed by atoms with E-state index in [4.69, 9.17) is 0 Å². The molecule has 0 bridgehead atoms. The van der Waals surface area contributed by atoms with Crippen LogP contribution in [0, 0.1) is 0 Å². The second-order valence-electron chi connectivity index (χ2n) is 2.18. The van der Waals surface area contributed by atoms with Gasteiger partial charge in [-0.15, -0.1) is 11.8 Å². The van der Waals surface area contributed by atoms with Crippen LogP contribution in [0.4, 0.5) is 0 Å². The fraction of sp³-hybridized carbons (Fsp3) is 0.143. The lowest BCUT2D eigenvalue weighted by Crippen LogP contribution is -1.76. The lowest BCUT2D eigenvalue weighted by atomic mass is 10.4. The zero-order valence-electron chi connectivity index (χ0n) is 6.03. The third kappa shape index (κ3) is 1.09. The molecule has 0 unspecified atom stereocenters. The van der Waals surface area contributed by atoms with Gasteiger partial charge in [0.05, 0.1) is 6.20 Å². The van der Waals surface area contributed by atoms with E-state index in [2.05, 4.69) is 21.2 Å². The van der Waals surface area contributed by atoms with Crippen LogP contribution in [0.1, 0.15) is 0 Å². The molecule has 0 aromatic carbocycles. The Bertz CT molecular complexity index is 368. The number of nitrogens with zero attached hydrogens (tertiary/aromatic N) is 2. The van der Waals surface area contributed by atoms with Gasteiger partial charge in [0.1, 0.15) is 0 Å². The van der Waals surface area contributed by atoms with E-state index in [0.717, 1.165) is 11.0 Å². The number of aromatic nitrogens is 3. The van der Waals surface area contributed by atoms with Crippen molar-refractivity contribution in [2.24, 2.45) is 0 Å². The Morgan fingerprint density at radius 2 is 2.36 bits per heavy atom. The second kappa shape index (κ2) is 2.54. The second-order valence-corrected chi connectivity index (χ2v) is 3.06. The maximum absolute atomic E-state index is 4.17. The first-order chi connectivity index (χ1) is 5.40. The van der Waals surface area contributed by atoms with Crippen molar-refractivity contribution in [1.82, 2.24) is 15.2 Å². The summed E-state index contributed by atoms with van der Waals surface area (Å²) in [5.41, 5.74) is 0.850. The summed E-state index contributed by atoms with van der Waals surface area (Å²) in [6.07, 6.45) is 5.65. The van der Waals surface area contributed by atoms with Gasteiger partial charge in [0.2, 0.25) is 0 Å². The summed E-state index contributed by atoms with van der Waals surface area (Å²) in [7, 11) is 0. The minimum absolute atomic E-state index is 0.850. The van der Waals surface area contributed by atoms with Gasteiger partial charge in [-0.3, -0.25) is 5.10 Å². The van der Waals surface area contributed by atoms with Crippen molar-refractivity contribution < 1.29 is 0 Å². The molecule has 4 heteroatoms. The monoisotopic (exact) mass is 165 g/mol. The Morgan fingerprint density at radius 1 is 1.45 bits per heavy atom. The summed E-state index contributed by atoms with van der Waals surface area (Å²) in [5, 5.41) is 7.75. The molecule has 0 fully saturated rings. The van der Waals surface area contributed by atoms with Crippen LogP contribution >= 0.6 is 11.8 Å². The van der Waals surface area contributed by atoms with Gasteiger partial charge in [0.25, 0.3) is 0 Å². The number of fused-ring (bicyclic) bond motifs is 1. The minimum atomic E-state index is 0.850. The SMILES string of the molecule is CSc1cnc2[nH]ncc2c1. The van der Waals surface area contributed by atoms with Crippen molar-refractivity contribution in [2.75, 3.05) is 6.26 Å². The van der Waals surface area contributed by atoms with Gasteiger partial charge in [0.15, 0.2) is 5.65 Å². The van der Waals surface area contributed by atoms with E-state index in [9.17, 15) is 0 Å². The quantitative estimate of drug-likeness (QED) is 0.654. The number of nitrogens with one attached hydrogen (secondary N) is 1. The van der Waals surface area contributed by atoms with Gasteiger partial charge in [0, 0.05) is 16.5 Å². The van der Waals surface area contributed by atoms with Crippen molar-refractivity contribution >= 4 is 22.8 Å². The molecule has 2 heterocycles. The van der Waals surface area contributed by atoms with Gasteiger partial charge >= 0.3 is 0 Å². The van der Waals surface area contributed by atoms with E-state index in [-0.39, 0.29) is 0 Å². The van der Waals surface area contributed by atoms with Crippen molar-refractivity contribution in [1.29, 1.82) is 0 Å². The zero-order chi connectivity index (χ0) is 7.68. The van der Waals surface area contributed by atoms with Crippen LogP contribution in [-0.4, -0.2) is 21.4 Å². The third-order valence-electron chi connectivity index (χ3n) is 1.50. The van der Waals surface area contributed by atoms with Crippen LogP contribution in [0.3, 0.4) is 0 Å². The fourth-order valence-corrected chi connectivity index (χ4v) is 1.33. The summed E-state index contributed by atoms with van der Waals surface area (Å²) >= 11 is 1.68. The number of H-pyrrole nitrogens is 1. The molecular formula is C7H7N3S. The van der Waals surface area contributed by atoms with Crippen molar-refractivity contribution in [2.45, 2.75) is 4.90 Å². The zero-order valence-corrected chi connectivity index (χ0v) is 6.85. The number of rotatable bonds is 1. The van der Waals surface area contributed by atoms with Crippen LogP contribution in [0.25, 0.3) is 11.0 Å². The molecule has 11 heavy (non-hydrogen) atoms. The third-order valence-corrected chi connectivity index (χ3v) is 2.20. The smallest absolute Gasteiger partial charge is 0.155 e. The highest BCUT2D eigenvalue weighted by atomic mass is 32.2. The molecule has 2 aromatic rings. The highest BCUT2D eigenvalue weighted by Gasteiger charge is 1.96. The van der Waals surface area contributed by atoms with Gasteiger partial charge in [-0.2, -0.15) is 5.10 Å². The predicted molar refractivity (Wildman–Crippen MR) is 45.7 cm³/mol. The molecule has 0 saturated carbocycles. The molecule has 0 aliphatic heterocycles. The van der Waals surface area contributed by atoms with Crippen LogP contribution in [-0.2, 0) is 0 Å². The first-order valence-corrected chi connectivity index (χ1v) is 4.46. The summed E-state index contributed by atoms with van der Waals surface area (Å²) in [6, 6.07) is 2.07. The molecule has 3 nitrogen and oxygen atoms in total. The number of hydrogen-bond donors (Lipinski definition) is 1. The molecule has 1 N–H and O–H groups in total. The highest BCUT2D eigenvalue weighted by molar-refractivity contribution is 7.98. The molecule has 0 atom stereocenters.